The molecule has 1 fully saturated rings. The van der Waals surface area contributed by atoms with Gasteiger partial charge in [-0.2, -0.15) is 10.4 Å². The molecule has 0 unspecified atom stereocenters. The van der Waals surface area contributed by atoms with Gasteiger partial charge in [0.05, 0.1) is 30.1 Å². The Morgan fingerprint density at radius 3 is 2.65 bits per heavy atom. The van der Waals surface area contributed by atoms with E-state index in [2.05, 4.69) is 27.0 Å². The first-order valence-corrected chi connectivity index (χ1v) is 11.0. The first kappa shape index (κ1) is 22.8. The number of carbonyl (C=O) groups is 2. The third-order valence-corrected chi connectivity index (χ3v) is 5.72. The van der Waals surface area contributed by atoms with Crippen molar-refractivity contribution < 1.29 is 14.3 Å². The maximum absolute atomic E-state index is 11.7. The molecule has 172 valence electrons. The second-order valence-electron chi connectivity index (χ2n) is 8.04. The van der Waals surface area contributed by atoms with Gasteiger partial charge in [0.15, 0.2) is 0 Å². The Hall–Kier alpha value is -4.37. The molecule has 0 bridgehead atoms. The van der Waals surface area contributed by atoms with Gasteiger partial charge in [0.25, 0.3) is 5.91 Å². The average Bonchev–Trinajstić information content (AvgIpc) is 3.29. The molecule has 0 radical (unpaired) electrons. The molecule has 34 heavy (non-hydrogen) atoms. The molecule has 3 aromatic rings. The van der Waals surface area contributed by atoms with Gasteiger partial charge >= 0.3 is 0 Å². The normalized spacial score (nSPS) is 13.4. The van der Waals surface area contributed by atoms with Crippen LogP contribution in [0.4, 0.5) is 5.82 Å². The van der Waals surface area contributed by atoms with E-state index in [0.717, 1.165) is 16.9 Å². The summed E-state index contributed by atoms with van der Waals surface area (Å²) in [5.74, 6) is 3.40. The topological polar surface area (TPSA) is 104 Å². The molecule has 0 spiro atoms. The molecule has 9 heteroatoms. The first-order valence-electron chi connectivity index (χ1n) is 11.0. The minimum Gasteiger partial charge on any atom is -0.492 e. The highest BCUT2D eigenvalue weighted by atomic mass is 16.5. The largest absolute Gasteiger partial charge is 0.492 e. The maximum Gasteiger partial charge on any atom is 0.298 e. The molecule has 1 saturated heterocycles. The van der Waals surface area contributed by atoms with E-state index in [1.165, 1.54) is 6.20 Å². The molecule has 0 aromatic carbocycles. The fraction of sp³-hybridized carbons (Fsp3) is 0.320. The molecule has 1 aliphatic rings. The van der Waals surface area contributed by atoms with Crippen LogP contribution in [0.25, 0.3) is 16.6 Å². The highest BCUT2D eigenvalue weighted by molar-refractivity contribution is 5.93. The molecule has 4 heterocycles. The van der Waals surface area contributed by atoms with Crippen molar-refractivity contribution in [1.29, 1.82) is 5.26 Å². The fourth-order valence-electron chi connectivity index (χ4n) is 3.95. The van der Waals surface area contributed by atoms with Gasteiger partial charge in [-0.3, -0.25) is 4.79 Å². The minimum atomic E-state index is -0.288. The van der Waals surface area contributed by atoms with E-state index in [1.807, 2.05) is 18.2 Å². The second-order valence-corrected chi connectivity index (χ2v) is 8.04. The Morgan fingerprint density at radius 1 is 1.21 bits per heavy atom. The van der Waals surface area contributed by atoms with Crippen LogP contribution in [-0.2, 0) is 9.59 Å². The van der Waals surface area contributed by atoms with E-state index in [9.17, 15) is 14.9 Å². The monoisotopic (exact) mass is 456 g/mol. The summed E-state index contributed by atoms with van der Waals surface area (Å²) in [6, 6.07) is 7.93. The van der Waals surface area contributed by atoms with Crippen LogP contribution in [-0.4, -0.2) is 64.0 Å². The van der Waals surface area contributed by atoms with Gasteiger partial charge in [0.1, 0.15) is 23.4 Å². The number of fused-ring (bicyclic) bond motifs is 1. The second kappa shape index (κ2) is 10.1. The van der Waals surface area contributed by atoms with Crippen LogP contribution in [0.15, 0.2) is 36.8 Å². The minimum absolute atomic E-state index is 0.126. The third kappa shape index (κ3) is 4.84. The van der Waals surface area contributed by atoms with Crippen molar-refractivity contribution in [3.05, 3.63) is 42.4 Å². The molecule has 1 aliphatic heterocycles. The number of nitrogens with zero attached hydrogens (tertiary/aromatic N) is 6. The summed E-state index contributed by atoms with van der Waals surface area (Å²) in [5, 5.41) is 13.9. The fourth-order valence-corrected chi connectivity index (χ4v) is 3.95. The summed E-state index contributed by atoms with van der Waals surface area (Å²) in [4.78, 5) is 31.3. The first-order chi connectivity index (χ1) is 16.5. The molecule has 0 N–H and O–H groups in total. The van der Waals surface area contributed by atoms with Crippen molar-refractivity contribution in [1.82, 2.24) is 19.5 Å². The number of anilines is 1. The standard InChI is InChI=1S/C25H24N6O3/c1-3-24(33)30-10-8-29(9-11-30)23-7-6-19(15-27-23)22-13-21(34-12-4-5-18(2)32)17-31-25(22)20(14-26)16-28-31/h1,6-7,13,15-17H,4-5,8-12H2,2H3. The molecule has 0 saturated carbocycles. The molecule has 4 rings (SSSR count). The predicted molar refractivity (Wildman–Crippen MR) is 126 cm³/mol. The summed E-state index contributed by atoms with van der Waals surface area (Å²) in [6.45, 7) is 4.37. The Balaban J connectivity index is 1.57. The number of ketones is 1. The highest BCUT2D eigenvalue weighted by Crippen LogP contribution is 2.31. The lowest BCUT2D eigenvalue weighted by molar-refractivity contribution is -0.125. The molecule has 0 aliphatic carbocycles. The van der Waals surface area contributed by atoms with E-state index in [0.29, 0.717) is 62.5 Å². The number of terminal acetylenes is 1. The van der Waals surface area contributed by atoms with Crippen LogP contribution in [0.1, 0.15) is 25.3 Å². The molecular weight excluding hydrogens is 432 g/mol. The Labute approximate surface area is 197 Å². The van der Waals surface area contributed by atoms with Crippen molar-refractivity contribution in [2.24, 2.45) is 0 Å². The number of ether oxygens (including phenoxy) is 1. The number of rotatable bonds is 7. The van der Waals surface area contributed by atoms with Crippen LogP contribution in [0, 0.1) is 23.7 Å². The van der Waals surface area contributed by atoms with E-state index >= 15 is 0 Å². The molecule has 3 aromatic heterocycles. The van der Waals surface area contributed by atoms with Gasteiger partial charge < -0.3 is 19.3 Å². The van der Waals surface area contributed by atoms with E-state index < -0.39 is 0 Å². The number of amides is 1. The van der Waals surface area contributed by atoms with Crippen molar-refractivity contribution in [3.63, 3.8) is 0 Å². The van der Waals surface area contributed by atoms with Crippen LogP contribution in [0.3, 0.4) is 0 Å². The Morgan fingerprint density at radius 2 is 2.00 bits per heavy atom. The van der Waals surface area contributed by atoms with Crippen LogP contribution >= 0.6 is 0 Å². The van der Waals surface area contributed by atoms with Gasteiger partial charge in [-0.15, -0.1) is 6.42 Å². The molecule has 1 amide bonds. The van der Waals surface area contributed by atoms with Gasteiger partial charge in [-0.1, -0.05) is 0 Å². The SMILES string of the molecule is C#CC(=O)N1CCN(c2ccc(-c3cc(OCCCC(C)=O)cn4ncc(C#N)c34)cn2)CC1. The van der Waals surface area contributed by atoms with Crippen LogP contribution < -0.4 is 9.64 Å². The summed E-state index contributed by atoms with van der Waals surface area (Å²) in [5.41, 5.74) is 2.73. The molecule has 0 atom stereocenters. The number of aromatic nitrogens is 3. The predicted octanol–water partition coefficient (Wildman–Crippen LogP) is 2.30. The third-order valence-electron chi connectivity index (χ3n) is 5.72. The molecule has 9 nitrogen and oxygen atoms in total. The lowest BCUT2D eigenvalue weighted by Crippen LogP contribution is -2.48. The van der Waals surface area contributed by atoms with Crippen molar-refractivity contribution in [2.45, 2.75) is 19.8 Å². The maximum atomic E-state index is 11.7. The summed E-state index contributed by atoms with van der Waals surface area (Å²) in [7, 11) is 0. The summed E-state index contributed by atoms with van der Waals surface area (Å²) >= 11 is 0. The van der Waals surface area contributed by atoms with Gasteiger partial charge in [-0.25, -0.2) is 9.50 Å². The van der Waals surface area contributed by atoms with Gasteiger partial charge in [0.2, 0.25) is 0 Å². The lowest BCUT2D eigenvalue weighted by Gasteiger charge is -2.34. The van der Waals surface area contributed by atoms with Crippen molar-refractivity contribution in [3.8, 4) is 35.3 Å². The molecular formula is C25H24N6O3. The zero-order valence-corrected chi connectivity index (χ0v) is 18.9. The number of pyridine rings is 2. The quantitative estimate of drug-likeness (QED) is 0.397. The Bertz CT molecular complexity index is 1290. The van der Waals surface area contributed by atoms with Gasteiger partial charge in [-0.05, 0) is 37.5 Å². The highest BCUT2D eigenvalue weighted by Gasteiger charge is 2.21. The zero-order chi connectivity index (χ0) is 24.1. The van der Waals surface area contributed by atoms with Crippen LogP contribution in [0.5, 0.6) is 5.75 Å². The summed E-state index contributed by atoms with van der Waals surface area (Å²) in [6.07, 6.45) is 11.3. The number of nitriles is 1. The lowest BCUT2D eigenvalue weighted by atomic mass is 10.1. The number of hydrogen-bond donors (Lipinski definition) is 0. The van der Waals surface area contributed by atoms with Crippen molar-refractivity contribution in [2.75, 3.05) is 37.7 Å². The van der Waals surface area contributed by atoms with E-state index in [-0.39, 0.29) is 11.7 Å². The Kier molecular flexibility index (Phi) is 6.74. The van der Waals surface area contributed by atoms with Gasteiger partial charge in [0, 0.05) is 49.9 Å². The average molecular weight is 457 g/mol. The smallest absolute Gasteiger partial charge is 0.298 e. The zero-order valence-electron chi connectivity index (χ0n) is 18.9. The van der Waals surface area contributed by atoms with E-state index in [4.69, 9.17) is 11.2 Å². The van der Waals surface area contributed by atoms with Crippen molar-refractivity contribution >= 4 is 23.0 Å². The number of hydrogen-bond acceptors (Lipinski definition) is 7. The number of carbonyl (C=O) groups excluding carboxylic acids is 2. The number of Topliss-reactive ketones (excluding diaryl/α,β-unsaturated/α-hetero) is 1. The van der Waals surface area contributed by atoms with Crippen LogP contribution in [0.2, 0.25) is 0 Å². The number of piperazine rings is 1. The summed E-state index contributed by atoms with van der Waals surface area (Å²) < 4.78 is 7.49. The van der Waals surface area contributed by atoms with E-state index in [1.54, 1.807) is 28.7 Å².